The molecule has 16 atom stereocenters. The molecule has 0 radical (unpaired) electrons. The van der Waals surface area contributed by atoms with Gasteiger partial charge in [-0.15, -0.1) is 0 Å². The van der Waals surface area contributed by atoms with Crippen molar-refractivity contribution in [3.63, 3.8) is 0 Å². The molecule has 3 saturated heterocycles. The number of aliphatic hydroxyl groups is 6. The van der Waals surface area contributed by atoms with Gasteiger partial charge in [0.15, 0.2) is 47.0 Å². The number of halogens is 2. The van der Waals surface area contributed by atoms with E-state index in [9.17, 15) is 64.8 Å². The van der Waals surface area contributed by atoms with Gasteiger partial charge in [-0.25, -0.2) is 0 Å². The number of benzene rings is 5. The van der Waals surface area contributed by atoms with E-state index in [4.69, 9.17) is 76.7 Å². The number of anilines is 2. The normalized spacial score (nSPS) is 30.1. The van der Waals surface area contributed by atoms with E-state index in [1.165, 1.54) is 39.3 Å². The number of ketones is 2. The average Bonchev–Trinajstić information content (AvgIpc) is 0.784. The molecule has 0 aromatic heterocycles. The predicted octanol–water partition coefficient (Wildman–Crippen LogP) is 4.53. The number of nitrogens with zero attached hydrogens (tertiary/aromatic N) is 1. The maximum atomic E-state index is 13.4. The summed E-state index contributed by atoms with van der Waals surface area (Å²) < 4.78 is 51.5. The Labute approximate surface area is 546 Å². The number of hydrogen-bond acceptors (Lipinski definition) is 24. The van der Waals surface area contributed by atoms with Gasteiger partial charge < -0.3 is 105 Å². The van der Waals surface area contributed by atoms with Gasteiger partial charge in [0.05, 0.1) is 85.2 Å². The molecule has 14 N–H and O–H groups in total. The first-order valence-electron chi connectivity index (χ1n) is 29.4. The van der Waals surface area contributed by atoms with Crippen LogP contribution in [0.4, 0.5) is 11.4 Å². The van der Waals surface area contributed by atoms with Gasteiger partial charge in [0.25, 0.3) is 5.91 Å². The number of carbonyl (C=O) groups is 5. The number of phenolic OH excluding ortho intramolecular Hbond substituents is 2. The number of nitrogens with one attached hydrogen (secondary N) is 1. The number of carboxylic acids is 1. The van der Waals surface area contributed by atoms with Crippen LogP contribution in [0.3, 0.4) is 0 Å². The maximum absolute atomic E-state index is 13.4. The van der Waals surface area contributed by atoms with Crippen molar-refractivity contribution < 1.29 is 118 Å². The minimum Gasteiger partial charge on any atom is -0.510 e. The Morgan fingerprint density at radius 2 is 1.43 bits per heavy atom. The number of ether oxygens (including phenoxy) is 9. The number of fused-ring (bicyclic) bond motifs is 7. The van der Waals surface area contributed by atoms with Crippen molar-refractivity contribution in [1.82, 2.24) is 4.90 Å². The fourth-order valence-electron chi connectivity index (χ4n) is 14.0. The van der Waals surface area contributed by atoms with Gasteiger partial charge in [-0.1, -0.05) is 66.5 Å². The largest absolute Gasteiger partial charge is 0.510 e. The zero-order valence-corrected chi connectivity index (χ0v) is 52.6. The fraction of sp³-hybridized carbons (Fsp3) is 0.400. The summed E-state index contributed by atoms with van der Waals surface area (Å²) in [5.74, 6) is -10.8. The molecule has 4 heterocycles. The zero-order chi connectivity index (χ0) is 67.0. The number of cyclic esters (lactones) is 1. The monoisotopic (exact) mass is 1350 g/mol. The molecule has 3 fully saturated rings. The summed E-state index contributed by atoms with van der Waals surface area (Å²) in [6, 6.07) is 22.4. The number of phenols is 2. The van der Waals surface area contributed by atoms with Crippen LogP contribution in [0.5, 0.6) is 34.5 Å². The quantitative estimate of drug-likeness (QED) is 0.0639. The van der Waals surface area contributed by atoms with E-state index in [2.05, 4.69) is 5.32 Å². The predicted molar refractivity (Wildman–Crippen MR) is 329 cm³/mol. The molecule has 4 aliphatic heterocycles. The molecule has 0 bridgehead atoms. The van der Waals surface area contributed by atoms with E-state index >= 15 is 0 Å². The molecule has 94 heavy (non-hydrogen) atoms. The van der Waals surface area contributed by atoms with Gasteiger partial charge in [0, 0.05) is 29.0 Å². The molecule has 0 saturated carbocycles. The smallest absolute Gasteiger partial charge is 0.310 e. The molecule has 0 unspecified atom stereocenters. The van der Waals surface area contributed by atoms with E-state index in [0.29, 0.717) is 60.7 Å². The van der Waals surface area contributed by atoms with Gasteiger partial charge >= 0.3 is 11.9 Å². The summed E-state index contributed by atoms with van der Waals surface area (Å²) >= 11 is 12.1. The third-order valence-corrected chi connectivity index (χ3v) is 19.0. The number of methoxy groups -OCH3 is 2. The van der Waals surface area contributed by atoms with Crippen LogP contribution in [0.1, 0.15) is 70.0 Å². The number of carbonyl (C=O) groups excluding carboxylic acids is 4. The van der Waals surface area contributed by atoms with Crippen molar-refractivity contribution in [1.29, 1.82) is 0 Å². The molecule has 27 nitrogen and oxygen atoms in total. The van der Waals surface area contributed by atoms with Crippen LogP contribution in [-0.2, 0) is 49.3 Å². The highest BCUT2D eigenvalue weighted by Gasteiger charge is 2.67. The second kappa shape index (κ2) is 26.8. The molecule has 502 valence electrons. The topological polar surface area (TPSA) is 423 Å². The van der Waals surface area contributed by atoms with Crippen molar-refractivity contribution in [2.75, 3.05) is 53.6 Å². The SMILES string of the molecule is COc1cc([C@@H]2c3cc4c(cc3[C@@H](O[C@@H]3O[C@@H]5CO[C@@H](C)O[C@H]5[C@H](O)[C@H]3O)[C@H]3COC(=O)[C@H]23)OCO4)cc(OC)c1O.C[C@H]1c2cccc(O)c2C(=O)C2=C(O)[C@]3(O)C(=O)C(C(N)=O)=C(O)[C@@H](N(C)C)[C@@H]3[C@@H](O)[C@@H]21.O.O=C(O)Cc1ccccc1Nc1c(Cl)cccc1Cl. The van der Waals surface area contributed by atoms with Gasteiger partial charge in [-0.3, -0.25) is 28.9 Å². The number of Topliss-reactive ketones (excluding diaryl/α,β-unsaturated/α-hetero) is 2. The molecule has 4 aliphatic carbocycles. The van der Waals surface area contributed by atoms with Crippen LogP contribution in [0.2, 0.25) is 10.0 Å². The van der Waals surface area contributed by atoms with Crippen molar-refractivity contribution in [2.45, 2.75) is 93.0 Å². The summed E-state index contributed by atoms with van der Waals surface area (Å²) in [6.45, 7) is 3.61. The van der Waals surface area contributed by atoms with Gasteiger partial charge in [0.1, 0.15) is 47.3 Å². The first kappa shape index (κ1) is 68.6. The standard InChI is InChI=1S/C29H32O13.C22H24N2O8.C14H11Cl2NO2.H2O/c1-11-36-9-20-27(40-11)24(31)25(32)29(41-20)42-26-14-7-17-16(38-10-39-17)6-13(14)21(22-15(26)8-37-28(22)33)12-4-18(34-2)23(30)19(5-12)35-3;1-7-8-5-4-6-9(25)11(8)16(26)12-10(7)17(27)14-15(24(2)3)18(28)13(21(23)31)20(30)22(14,32)19(12)29;15-10-5-3-6-11(16)14(10)17-12-7-2-1-4-9(12)8-13(18)19;/h4-7,11,15,20-22,24-27,29-32H,8-10H2,1-3H3;4-7,10,14-15,17,25,27-29,32H,1-3H3,(H2,23,31);1-7,17H,8H2,(H,18,19);1H2/t11-,15+,20-,21-,22+,24-,25-,26-,27-,29+;7-,10+,14+,15-,17-,22-;;/m10../s1. The molecular formula is C65H69Cl2N3O24. The fourth-order valence-corrected chi connectivity index (χ4v) is 14.5. The molecule has 8 aliphatic rings. The number of para-hydroxylation sites is 2. The van der Waals surface area contributed by atoms with E-state index < -0.39 is 148 Å². The van der Waals surface area contributed by atoms with Gasteiger partial charge in [-0.2, -0.15) is 0 Å². The van der Waals surface area contributed by atoms with E-state index in [0.717, 1.165) is 0 Å². The van der Waals surface area contributed by atoms with Crippen LogP contribution in [0.25, 0.3) is 0 Å². The minimum atomic E-state index is -2.89. The van der Waals surface area contributed by atoms with Crippen LogP contribution in [0.15, 0.2) is 108 Å². The third-order valence-electron chi connectivity index (χ3n) is 18.3. The number of aromatic hydroxyl groups is 2. The second-order valence-electron chi connectivity index (χ2n) is 23.7. The lowest BCUT2D eigenvalue weighted by atomic mass is 9.55. The number of amides is 1. The highest BCUT2D eigenvalue weighted by Crippen LogP contribution is 2.59. The Bertz CT molecular complexity index is 3850. The maximum Gasteiger partial charge on any atom is 0.310 e. The lowest BCUT2D eigenvalue weighted by Gasteiger charge is -2.53. The summed E-state index contributed by atoms with van der Waals surface area (Å²) in [5.41, 5.74) is 5.30. The molecule has 5 aromatic carbocycles. The number of likely N-dealkylation sites (N-methyl/N-ethyl adjacent to an activating group) is 1. The Hall–Kier alpha value is -8.29. The molecule has 13 rings (SSSR count). The average molecular weight is 1350 g/mol. The van der Waals surface area contributed by atoms with Gasteiger partial charge in [0.2, 0.25) is 18.3 Å². The Morgan fingerprint density at radius 1 is 0.787 bits per heavy atom. The molecular weight excluding hydrogens is 1280 g/mol. The number of hydrogen-bond donors (Lipinski definition) is 11. The number of carboxylic acid groups (broad SMARTS) is 1. The number of esters is 1. The lowest BCUT2D eigenvalue weighted by molar-refractivity contribution is -0.364. The van der Waals surface area contributed by atoms with E-state index in [1.807, 2.05) is 6.07 Å². The number of aliphatic hydroxyl groups excluding tert-OH is 5. The number of rotatable bonds is 11. The Morgan fingerprint density at radius 3 is 2.05 bits per heavy atom. The van der Waals surface area contributed by atoms with Crippen molar-refractivity contribution >= 4 is 64.0 Å². The summed E-state index contributed by atoms with van der Waals surface area (Å²) in [7, 11) is 5.83. The summed E-state index contributed by atoms with van der Waals surface area (Å²) in [6.07, 6.45) is -8.45. The molecule has 29 heteroatoms. The highest BCUT2D eigenvalue weighted by atomic mass is 35.5. The van der Waals surface area contributed by atoms with E-state index in [-0.39, 0.29) is 60.5 Å². The first-order chi connectivity index (χ1) is 44.2. The molecule has 0 spiro atoms. The number of aliphatic carboxylic acids is 1. The third kappa shape index (κ3) is 11.8. The summed E-state index contributed by atoms with van der Waals surface area (Å²) in [4.78, 5) is 64.0. The molecule has 1 amide bonds. The Balaban J connectivity index is 0.000000164. The number of nitrogens with two attached hydrogens (primary N) is 1. The zero-order valence-electron chi connectivity index (χ0n) is 51.1. The molecule has 5 aromatic rings. The first-order valence-corrected chi connectivity index (χ1v) is 30.1. The minimum absolute atomic E-state index is 0. The van der Waals surface area contributed by atoms with Crippen molar-refractivity contribution in [2.24, 2.45) is 29.4 Å². The highest BCUT2D eigenvalue weighted by molar-refractivity contribution is 6.39. The second-order valence-corrected chi connectivity index (χ2v) is 24.5. The lowest BCUT2D eigenvalue weighted by Crippen LogP contribution is -2.68. The van der Waals surface area contributed by atoms with Crippen molar-refractivity contribution in [3.05, 3.63) is 151 Å². The summed E-state index contributed by atoms with van der Waals surface area (Å²) in [5, 5.41) is 100. The Kier molecular flexibility index (Phi) is 19.6. The number of primary amides is 1. The van der Waals surface area contributed by atoms with Crippen LogP contribution >= 0.6 is 23.2 Å². The van der Waals surface area contributed by atoms with Crippen LogP contribution in [0, 0.1) is 23.7 Å². The van der Waals surface area contributed by atoms with E-state index in [1.54, 1.807) is 86.6 Å². The van der Waals surface area contributed by atoms with Gasteiger partial charge in [-0.05, 0) is 103 Å². The van der Waals surface area contributed by atoms with Crippen LogP contribution < -0.4 is 30.0 Å². The van der Waals surface area contributed by atoms with Crippen molar-refractivity contribution in [3.8, 4) is 34.5 Å². The van der Waals surface area contributed by atoms with Crippen LogP contribution in [-0.4, -0.2) is 189 Å².